The highest BCUT2D eigenvalue weighted by atomic mass is 127. The maximum Gasteiger partial charge on any atom is 0.240 e. The van der Waals surface area contributed by atoms with Gasteiger partial charge in [-0.3, -0.25) is 9.10 Å². The van der Waals surface area contributed by atoms with E-state index in [-0.39, 0.29) is 12.5 Å². The molecule has 0 unspecified atom stereocenters. The third kappa shape index (κ3) is 7.02. The minimum absolute atomic E-state index is 0.238. The molecule has 0 heterocycles. The first-order chi connectivity index (χ1) is 12.8. The molecule has 0 fully saturated rings. The zero-order chi connectivity index (χ0) is 19.9. The molecule has 146 valence electrons. The summed E-state index contributed by atoms with van der Waals surface area (Å²) in [6, 6.07) is 14.8. The molecule has 0 saturated heterocycles. The quantitative estimate of drug-likeness (QED) is 0.423. The standard InChI is InChI=1S/C19H23IN2O4S/c1-26-18-7-3-5-15(13-18)6-4-12-21-19(23)14-22(27(2,24)25)17-10-8-16(20)9-11-17/h3,5,7-11,13H,4,6,12,14H2,1-2H3,(H,21,23). The van der Waals surface area contributed by atoms with Gasteiger partial charge in [0.1, 0.15) is 12.3 Å². The Balaban J connectivity index is 1.87. The van der Waals surface area contributed by atoms with E-state index in [9.17, 15) is 13.2 Å². The smallest absolute Gasteiger partial charge is 0.240 e. The first-order valence-electron chi connectivity index (χ1n) is 8.42. The van der Waals surface area contributed by atoms with Gasteiger partial charge in [-0.2, -0.15) is 0 Å². The molecule has 0 bridgehead atoms. The van der Waals surface area contributed by atoms with E-state index >= 15 is 0 Å². The van der Waals surface area contributed by atoms with Crippen molar-refractivity contribution in [3.05, 3.63) is 57.7 Å². The van der Waals surface area contributed by atoms with E-state index in [0.717, 1.165) is 38.3 Å². The summed E-state index contributed by atoms with van der Waals surface area (Å²) < 4.78 is 31.4. The Labute approximate surface area is 174 Å². The van der Waals surface area contributed by atoms with Gasteiger partial charge in [-0.05, 0) is 77.4 Å². The number of hydrogen-bond acceptors (Lipinski definition) is 4. The summed E-state index contributed by atoms with van der Waals surface area (Å²) in [4.78, 5) is 12.2. The molecule has 2 rings (SSSR count). The van der Waals surface area contributed by atoms with Crippen molar-refractivity contribution in [2.75, 3.05) is 30.8 Å². The molecular formula is C19H23IN2O4S. The third-order valence-electron chi connectivity index (χ3n) is 3.90. The molecule has 6 nitrogen and oxygen atoms in total. The molecule has 0 aliphatic rings. The number of rotatable bonds is 9. The summed E-state index contributed by atoms with van der Waals surface area (Å²) in [6.45, 7) is 0.235. The van der Waals surface area contributed by atoms with Crippen LogP contribution in [-0.2, 0) is 21.2 Å². The van der Waals surface area contributed by atoms with E-state index in [4.69, 9.17) is 4.74 Å². The van der Waals surface area contributed by atoms with Crippen LogP contribution in [0.2, 0.25) is 0 Å². The first kappa shape index (κ1) is 21.5. The fourth-order valence-electron chi connectivity index (χ4n) is 2.54. The van der Waals surface area contributed by atoms with Gasteiger partial charge in [0.2, 0.25) is 15.9 Å². The second-order valence-corrected chi connectivity index (χ2v) is 9.20. The van der Waals surface area contributed by atoms with E-state index < -0.39 is 10.0 Å². The summed E-state index contributed by atoms with van der Waals surface area (Å²) in [5.41, 5.74) is 1.60. The van der Waals surface area contributed by atoms with Crippen LogP contribution in [0.1, 0.15) is 12.0 Å². The fourth-order valence-corrected chi connectivity index (χ4v) is 3.76. The number of benzene rings is 2. The van der Waals surface area contributed by atoms with Crippen LogP contribution in [-0.4, -0.2) is 40.8 Å². The Morgan fingerprint density at radius 3 is 2.52 bits per heavy atom. The molecule has 2 aromatic carbocycles. The van der Waals surface area contributed by atoms with Crippen LogP contribution in [0.5, 0.6) is 5.75 Å². The molecule has 0 aromatic heterocycles. The van der Waals surface area contributed by atoms with E-state index in [1.807, 2.05) is 24.3 Å². The van der Waals surface area contributed by atoms with E-state index in [1.165, 1.54) is 0 Å². The van der Waals surface area contributed by atoms with Crippen molar-refractivity contribution in [2.24, 2.45) is 0 Å². The first-order valence-corrected chi connectivity index (χ1v) is 11.3. The molecule has 1 N–H and O–H groups in total. The van der Waals surface area contributed by atoms with Gasteiger partial charge in [0, 0.05) is 10.1 Å². The molecule has 8 heteroatoms. The van der Waals surface area contributed by atoms with Crippen LogP contribution >= 0.6 is 22.6 Å². The lowest BCUT2D eigenvalue weighted by atomic mass is 10.1. The van der Waals surface area contributed by atoms with Crippen molar-refractivity contribution in [3.63, 3.8) is 0 Å². The van der Waals surface area contributed by atoms with E-state index in [1.54, 1.807) is 31.4 Å². The van der Waals surface area contributed by atoms with Crippen molar-refractivity contribution in [3.8, 4) is 5.75 Å². The average molecular weight is 502 g/mol. The highest BCUT2D eigenvalue weighted by Crippen LogP contribution is 2.19. The molecular weight excluding hydrogens is 479 g/mol. The van der Waals surface area contributed by atoms with Crippen LogP contribution in [0.25, 0.3) is 0 Å². The lowest BCUT2D eigenvalue weighted by Gasteiger charge is -2.22. The maximum atomic E-state index is 12.2. The van der Waals surface area contributed by atoms with Crippen LogP contribution in [0.3, 0.4) is 0 Å². The molecule has 0 aliphatic heterocycles. The Morgan fingerprint density at radius 1 is 1.19 bits per heavy atom. The number of methoxy groups -OCH3 is 1. The van der Waals surface area contributed by atoms with Gasteiger partial charge in [-0.1, -0.05) is 12.1 Å². The number of sulfonamides is 1. The number of carbonyl (C=O) groups excluding carboxylic acids is 1. The number of hydrogen-bond donors (Lipinski definition) is 1. The summed E-state index contributed by atoms with van der Waals surface area (Å²) in [6.07, 6.45) is 2.65. The highest BCUT2D eigenvalue weighted by molar-refractivity contribution is 14.1. The van der Waals surface area contributed by atoms with Crippen molar-refractivity contribution >= 4 is 44.2 Å². The molecule has 1 amide bonds. The van der Waals surface area contributed by atoms with Gasteiger partial charge in [0.25, 0.3) is 0 Å². The predicted octanol–water partition coefficient (Wildman–Crippen LogP) is 2.81. The van der Waals surface area contributed by atoms with Crippen molar-refractivity contribution in [1.29, 1.82) is 0 Å². The van der Waals surface area contributed by atoms with Crippen LogP contribution < -0.4 is 14.4 Å². The van der Waals surface area contributed by atoms with Crippen LogP contribution in [0.15, 0.2) is 48.5 Å². The molecule has 0 aliphatic carbocycles. The Kier molecular flexibility index (Phi) is 7.91. The second kappa shape index (κ2) is 9.93. The van der Waals surface area contributed by atoms with Gasteiger partial charge in [-0.25, -0.2) is 8.42 Å². The largest absolute Gasteiger partial charge is 0.497 e. The SMILES string of the molecule is COc1cccc(CCCNC(=O)CN(c2ccc(I)cc2)S(C)(=O)=O)c1. The maximum absolute atomic E-state index is 12.2. The molecule has 0 spiro atoms. The minimum atomic E-state index is -3.55. The fraction of sp³-hybridized carbons (Fsp3) is 0.316. The molecule has 0 atom stereocenters. The highest BCUT2D eigenvalue weighted by Gasteiger charge is 2.20. The zero-order valence-corrected chi connectivity index (χ0v) is 18.3. The summed E-state index contributed by atoms with van der Waals surface area (Å²) >= 11 is 2.14. The summed E-state index contributed by atoms with van der Waals surface area (Å²) in [5, 5.41) is 2.79. The molecule has 0 saturated carbocycles. The molecule has 27 heavy (non-hydrogen) atoms. The van der Waals surface area contributed by atoms with Gasteiger partial charge in [0.15, 0.2) is 0 Å². The monoisotopic (exact) mass is 502 g/mol. The normalized spacial score (nSPS) is 11.1. The minimum Gasteiger partial charge on any atom is -0.497 e. The van der Waals surface area contributed by atoms with Gasteiger partial charge in [0.05, 0.1) is 19.1 Å². The van der Waals surface area contributed by atoms with Gasteiger partial charge < -0.3 is 10.1 Å². The summed E-state index contributed by atoms with van der Waals surface area (Å²) in [7, 11) is -1.93. The number of amides is 1. The number of halogens is 1. The Morgan fingerprint density at radius 2 is 1.89 bits per heavy atom. The van der Waals surface area contributed by atoms with Gasteiger partial charge >= 0.3 is 0 Å². The van der Waals surface area contributed by atoms with Gasteiger partial charge in [-0.15, -0.1) is 0 Å². The van der Waals surface area contributed by atoms with Crippen LogP contribution in [0.4, 0.5) is 5.69 Å². The lowest BCUT2D eigenvalue weighted by molar-refractivity contribution is -0.119. The Bertz CT molecular complexity index is 870. The number of nitrogens with one attached hydrogen (secondary N) is 1. The zero-order valence-electron chi connectivity index (χ0n) is 15.3. The number of ether oxygens (including phenoxy) is 1. The average Bonchev–Trinajstić information content (AvgIpc) is 2.63. The molecule has 0 radical (unpaired) electrons. The van der Waals surface area contributed by atoms with Crippen LogP contribution in [0, 0.1) is 3.57 Å². The Hall–Kier alpha value is -1.81. The predicted molar refractivity (Wildman–Crippen MR) is 116 cm³/mol. The third-order valence-corrected chi connectivity index (χ3v) is 5.76. The number of carbonyl (C=O) groups is 1. The number of aryl methyl sites for hydroxylation is 1. The van der Waals surface area contributed by atoms with E-state index in [0.29, 0.717) is 12.2 Å². The number of nitrogens with zero attached hydrogens (tertiary/aromatic N) is 1. The topological polar surface area (TPSA) is 75.7 Å². The lowest BCUT2D eigenvalue weighted by Crippen LogP contribution is -2.40. The second-order valence-electron chi connectivity index (χ2n) is 6.05. The van der Waals surface area contributed by atoms with Crippen molar-refractivity contribution in [2.45, 2.75) is 12.8 Å². The van der Waals surface area contributed by atoms with Crippen molar-refractivity contribution < 1.29 is 17.9 Å². The van der Waals surface area contributed by atoms with E-state index in [2.05, 4.69) is 27.9 Å². The number of anilines is 1. The summed E-state index contributed by atoms with van der Waals surface area (Å²) in [5.74, 6) is 0.475. The van der Waals surface area contributed by atoms with Crippen molar-refractivity contribution in [1.82, 2.24) is 5.32 Å². The molecule has 2 aromatic rings.